The maximum Gasteiger partial charge on any atom is 0.0724 e. The van der Waals surface area contributed by atoms with Gasteiger partial charge in [0.05, 0.1) is 13.2 Å². The molecule has 14 heavy (non-hydrogen) atoms. The monoisotopic (exact) mass is 189 g/mol. The summed E-state index contributed by atoms with van der Waals surface area (Å²) in [5.41, 5.74) is 4.12. The lowest BCUT2D eigenvalue weighted by Gasteiger charge is -2.07. The molecule has 0 saturated heterocycles. The van der Waals surface area contributed by atoms with Crippen LogP contribution in [0.25, 0.3) is 0 Å². The Labute approximate surface area is 84.6 Å². The van der Waals surface area contributed by atoms with Crippen molar-refractivity contribution in [2.45, 2.75) is 19.7 Å². The lowest BCUT2D eigenvalue weighted by Crippen LogP contribution is -2.02. The maximum atomic E-state index is 5.45. The molecule has 0 atom stereocenters. The van der Waals surface area contributed by atoms with Gasteiger partial charge in [-0.3, -0.25) is 0 Å². The first-order valence-corrected chi connectivity index (χ1v) is 4.91. The molecule has 0 bridgehead atoms. The highest BCUT2D eigenvalue weighted by Crippen LogP contribution is 2.20. The third-order valence-corrected chi connectivity index (χ3v) is 2.48. The van der Waals surface area contributed by atoms with Crippen LogP contribution in [0.5, 0.6) is 0 Å². The predicted octanol–water partition coefficient (Wildman–Crippen LogP) is 1.99. The van der Waals surface area contributed by atoms with Crippen LogP contribution in [0.1, 0.15) is 16.7 Å². The van der Waals surface area contributed by atoms with Gasteiger partial charge in [0.15, 0.2) is 0 Å². The first-order valence-electron chi connectivity index (χ1n) is 4.91. The Morgan fingerprint density at radius 2 is 2.36 bits per heavy atom. The molecule has 1 heterocycles. The van der Waals surface area contributed by atoms with Crippen LogP contribution in [-0.4, -0.2) is 6.61 Å². The molecule has 74 valence electrons. The highest BCUT2D eigenvalue weighted by atomic mass is 16.5. The van der Waals surface area contributed by atoms with Crippen LogP contribution in [-0.2, 0) is 24.4 Å². The number of benzene rings is 1. The predicted molar refractivity (Wildman–Crippen MR) is 56.8 cm³/mol. The fraction of sp³-hybridized carbons (Fsp3) is 0.333. The normalized spacial score (nSPS) is 14.0. The Hall–Kier alpha value is -1.12. The van der Waals surface area contributed by atoms with Crippen LogP contribution >= 0.6 is 0 Å². The van der Waals surface area contributed by atoms with Gasteiger partial charge in [-0.05, 0) is 16.7 Å². The molecule has 0 fully saturated rings. The van der Waals surface area contributed by atoms with E-state index < -0.39 is 0 Å². The summed E-state index contributed by atoms with van der Waals surface area (Å²) in [6, 6.07) is 6.40. The van der Waals surface area contributed by atoms with Crippen LogP contribution in [0.3, 0.4) is 0 Å². The van der Waals surface area contributed by atoms with Crippen molar-refractivity contribution in [1.82, 2.24) is 5.32 Å². The Morgan fingerprint density at radius 3 is 3.21 bits per heavy atom. The highest BCUT2D eigenvalue weighted by Gasteiger charge is 2.12. The molecule has 0 saturated carbocycles. The molecular formula is C12H15NO. The van der Waals surface area contributed by atoms with E-state index in [4.69, 9.17) is 4.74 Å². The van der Waals surface area contributed by atoms with Gasteiger partial charge in [0.2, 0.25) is 0 Å². The van der Waals surface area contributed by atoms with Gasteiger partial charge in [0.1, 0.15) is 0 Å². The zero-order valence-corrected chi connectivity index (χ0v) is 8.25. The number of hydrogen-bond donors (Lipinski definition) is 1. The van der Waals surface area contributed by atoms with Gasteiger partial charge < -0.3 is 10.1 Å². The molecule has 0 aromatic heterocycles. The summed E-state index contributed by atoms with van der Waals surface area (Å²) < 4.78 is 5.45. The molecule has 1 aliphatic rings. The minimum atomic E-state index is 0.622. The van der Waals surface area contributed by atoms with E-state index in [1.54, 1.807) is 6.08 Å². The molecule has 1 aromatic rings. The van der Waals surface area contributed by atoms with Gasteiger partial charge >= 0.3 is 0 Å². The number of nitrogens with one attached hydrogen (secondary N) is 1. The summed E-state index contributed by atoms with van der Waals surface area (Å²) in [5, 5.41) is 3.34. The van der Waals surface area contributed by atoms with Crippen molar-refractivity contribution in [1.29, 1.82) is 0 Å². The van der Waals surface area contributed by atoms with Crippen molar-refractivity contribution in [2.24, 2.45) is 0 Å². The number of fused-ring (bicyclic) bond motifs is 1. The van der Waals surface area contributed by atoms with Crippen LogP contribution in [0.15, 0.2) is 30.9 Å². The highest BCUT2D eigenvalue weighted by molar-refractivity contribution is 5.37. The molecule has 1 aromatic carbocycles. The lowest BCUT2D eigenvalue weighted by atomic mass is 10.0. The van der Waals surface area contributed by atoms with E-state index in [0.29, 0.717) is 13.2 Å². The second kappa shape index (κ2) is 4.40. The fourth-order valence-corrected chi connectivity index (χ4v) is 1.79. The van der Waals surface area contributed by atoms with Crippen LogP contribution < -0.4 is 5.32 Å². The first kappa shape index (κ1) is 9.44. The van der Waals surface area contributed by atoms with Crippen molar-refractivity contribution in [3.05, 3.63) is 47.5 Å². The SMILES string of the molecule is C=CCOCc1cccc2c1CNC2. The summed E-state index contributed by atoms with van der Waals surface area (Å²) in [4.78, 5) is 0. The molecule has 1 N–H and O–H groups in total. The van der Waals surface area contributed by atoms with Gasteiger partial charge in [0.25, 0.3) is 0 Å². The van der Waals surface area contributed by atoms with Crippen molar-refractivity contribution in [2.75, 3.05) is 6.61 Å². The minimum Gasteiger partial charge on any atom is -0.373 e. The van der Waals surface area contributed by atoms with E-state index in [2.05, 4.69) is 30.1 Å². The smallest absolute Gasteiger partial charge is 0.0724 e. The zero-order valence-electron chi connectivity index (χ0n) is 8.25. The van der Waals surface area contributed by atoms with Gasteiger partial charge in [-0.25, -0.2) is 0 Å². The van der Waals surface area contributed by atoms with Crippen LogP contribution in [0.4, 0.5) is 0 Å². The largest absolute Gasteiger partial charge is 0.373 e. The zero-order chi connectivity index (χ0) is 9.80. The Balaban J connectivity index is 2.10. The summed E-state index contributed by atoms with van der Waals surface area (Å²) in [6.07, 6.45) is 1.78. The van der Waals surface area contributed by atoms with E-state index >= 15 is 0 Å². The molecule has 2 heteroatoms. The van der Waals surface area contributed by atoms with Crippen molar-refractivity contribution in [3.63, 3.8) is 0 Å². The Morgan fingerprint density at radius 1 is 1.43 bits per heavy atom. The summed E-state index contributed by atoms with van der Waals surface area (Å²) in [5.74, 6) is 0. The van der Waals surface area contributed by atoms with E-state index in [1.165, 1.54) is 16.7 Å². The number of ether oxygens (including phenoxy) is 1. The summed E-state index contributed by atoms with van der Waals surface area (Å²) in [7, 11) is 0. The Kier molecular flexibility index (Phi) is 2.96. The van der Waals surface area contributed by atoms with Crippen molar-refractivity contribution < 1.29 is 4.74 Å². The van der Waals surface area contributed by atoms with E-state index in [-0.39, 0.29) is 0 Å². The number of hydrogen-bond acceptors (Lipinski definition) is 2. The topological polar surface area (TPSA) is 21.3 Å². The van der Waals surface area contributed by atoms with Gasteiger partial charge in [-0.2, -0.15) is 0 Å². The Bertz CT molecular complexity index is 333. The average Bonchev–Trinajstić information content (AvgIpc) is 2.67. The lowest BCUT2D eigenvalue weighted by molar-refractivity contribution is 0.148. The van der Waals surface area contributed by atoms with E-state index in [9.17, 15) is 0 Å². The fourth-order valence-electron chi connectivity index (χ4n) is 1.79. The standard InChI is InChI=1S/C12H15NO/c1-2-6-14-9-11-5-3-4-10-7-13-8-12(10)11/h2-5,13H,1,6-9H2. The van der Waals surface area contributed by atoms with E-state index in [1.807, 2.05) is 0 Å². The second-order valence-electron chi connectivity index (χ2n) is 3.46. The minimum absolute atomic E-state index is 0.622. The molecule has 0 unspecified atom stereocenters. The molecule has 0 amide bonds. The molecule has 2 nitrogen and oxygen atoms in total. The molecular weight excluding hydrogens is 174 g/mol. The van der Waals surface area contributed by atoms with Crippen LogP contribution in [0.2, 0.25) is 0 Å². The second-order valence-corrected chi connectivity index (χ2v) is 3.46. The molecule has 1 aliphatic heterocycles. The van der Waals surface area contributed by atoms with E-state index in [0.717, 1.165) is 13.1 Å². The van der Waals surface area contributed by atoms with Crippen molar-refractivity contribution in [3.8, 4) is 0 Å². The summed E-state index contributed by atoms with van der Waals surface area (Å²) in [6.45, 7) is 6.91. The maximum absolute atomic E-state index is 5.45. The van der Waals surface area contributed by atoms with Gasteiger partial charge in [-0.15, -0.1) is 6.58 Å². The average molecular weight is 189 g/mol. The summed E-state index contributed by atoms with van der Waals surface area (Å²) >= 11 is 0. The van der Waals surface area contributed by atoms with Gasteiger partial charge in [-0.1, -0.05) is 24.3 Å². The third-order valence-electron chi connectivity index (χ3n) is 2.48. The first-order chi connectivity index (χ1) is 6.92. The molecule has 0 spiro atoms. The van der Waals surface area contributed by atoms with Crippen LogP contribution in [0, 0.1) is 0 Å². The number of rotatable bonds is 4. The molecule has 2 rings (SSSR count). The molecule has 0 aliphatic carbocycles. The van der Waals surface area contributed by atoms with Gasteiger partial charge in [0, 0.05) is 13.1 Å². The molecule has 0 radical (unpaired) electrons. The van der Waals surface area contributed by atoms with Crippen molar-refractivity contribution >= 4 is 0 Å². The quantitative estimate of drug-likeness (QED) is 0.577. The third kappa shape index (κ3) is 1.86.